The number of nitrogens with zero attached hydrogens (tertiary/aromatic N) is 1. The Labute approximate surface area is 252 Å². The Bertz CT molecular complexity index is 1190. The fraction of sp³-hybridized carbons (Fsp3) is 0.433. The van der Waals surface area contributed by atoms with Crippen molar-refractivity contribution in [2.75, 3.05) is 13.1 Å². The van der Waals surface area contributed by atoms with E-state index in [-0.39, 0.29) is 38.2 Å². The van der Waals surface area contributed by atoms with Crippen molar-refractivity contribution in [2.24, 2.45) is 33.7 Å². The molecule has 0 bridgehead atoms. The largest absolute Gasteiger partial charge is 0.370 e. The summed E-state index contributed by atoms with van der Waals surface area (Å²) in [5.74, 6) is -2.46. The van der Waals surface area contributed by atoms with Gasteiger partial charge in [-0.25, -0.2) is 0 Å². The Kier molecular flexibility index (Phi) is 15.2. The molecule has 4 amide bonds. The number of nitrogens with one attached hydrogen (secondary N) is 3. The Balaban J connectivity index is 2.18. The van der Waals surface area contributed by atoms with Crippen LogP contribution in [0.5, 0.6) is 0 Å². The molecule has 4 atom stereocenters. The van der Waals surface area contributed by atoms with Crippen LogP contribution in [-0.4, -0.2) is 66.8 Å². The summed E-state index contributed by atoms with van der Waals surface area (Å²) in [6.07, 6.45) is 2.47. The van der Waals surface area contributed by atoms with Crippen LogP contribution in [0.1, 0.15) is 43.2 Å². The van der Waals surface area contributed by atoms with Crippen molar-refractivity contribution in [3.8, 4) is 0 Å². The molecule has 0 spiro atoms. The monoisotopic (exact) mass is 595 g/mol. The quantitative estimate of drug-likeness (QED) is 0.0562. The number of benzene rings is 2. The van der Waals surface area contributed by atoms with Gasteiger partial charge in [0.25, 0.3) is 0 Å². The second-order valence-corrected chi connectivity index (χ2v) is 10.3. The number of hydrogen-bond acceptors (Lipinski definition) is 7. The van der Waals surface area contributed by atoms with Crippen molar-refractivity contribution in [1.29, 1.82) is 0 Å². The van der Waals surface area contributed by atoms with E-state index in [1.807, 2.05) is 60.7 Å². The predicted octanol–water partition coefficient (Wildman–Crippen LogP) is -1.08. The van der Waals surface area contributed by atoms with Gasteiger partial charge < -0.3 is 44.6 Å². The number of nitrogens with two attached hydrogens (primary N) is 5. The van der Waals surface area contributed by atoms with Gasteiger partial charge in [0, 0.05) is 13.0 Å². The minimum atomic E-state index is -1.02. The Morgan fingerprint density at radius 3 is 1.72 bits per heavy atom. The van der Waals surface area contributed by atoms with Gasteiger partial charge in [-0.2, -0.15) is 0 Å². The molecular formula is C30H45N9O4. The summed E-state index contributed by atoms with van der Waals surface area (Å²) in [5.41, 5.74) is 29.7. The van der Waals surface area contributed by atoms with E-state index in [0.717, 1.165) is 11.1 Å². The van der Waals surface area contributed by atoms with Crippen molar-refractivity contribution in [2.45, 2.75) is 69.1 Å². The fourth-order valence-electron chi connectivity index (χ4n) is 4.39. The van der Waals surface area contributed by atoms with Crippen LogP contribution in [0.2, 0.25) is 0 Å². The molecule has 2 aromatic rings. The summed E-state index contributed by atoms with van der Waals surface area (Å²) in [7, 11) is 0. The average molecular weight is 596 g/mol. The summed E-state index contributed by atoms with van der Waals surface area (Å²) >= 11 is 0. The van der Waals surface area contributed by atoms with Gasteiger partial charge in [-0.15, -0.1) is 0 Å². The van der Waals surface area contributed by atoms with Crippen molar-refractivity contribution in [1.82, 2.24) is 16.0 Å². The Hall–Kier alpha value is -4.49. The number of unbranched alkanes of at least 4 members (excludes halogenated alkanes) is 1. The number of carbonyl (C=O) groups excluding carboxylic acids is 4. The summed E-state index contributed by atoms with van der Waals surface area (Å²) in [6.45, 7) is 0.662. The molecule has 0 unspecified atom stereocenters. The highest BCUT2D eigenvalue weighted by Gasteiger charge is 2.30. The minimum Gasteiger partial charge on any atom is -0.370 e. The molecule has 13 nitrogen and oxygen atoms in total. The first-order valence-electron chi connectivity index (χ1n) is 14.4. The molecule has 2 rings (SSSR count). The average Bonchev–Trinajstić information content (AvgIpc) is 2.98. The molecule has 0 aliphatic rings. The van der Waals surface area contributed by atoms with Crippen LogP contribution in [0.25, 0.3) is 0 Å². The topological polar surface area (TPSA) is 247 Å². The molecule has 43 heavy (non-hydrogen) atoms. The highest BCUT2D eigenvalue weighted by atomic mass is 16.2. The van der Waals surface area contributed by atoms with E-state index in [4.69, 9.17) is 28.7 Å². The van der Waals surface area contributed by atoms with E-state index in [2.05, 4.69) is 20.9 Å². The van der Waals surface area contributed by atoms with Gasteiger partial charge in [0.15, 0.2) is 5.96 Å². The maximum atomic E-state index is 13.6. The number of carbonyl (C=O) groups is 4. The third-order valence-corrected chi connectivity index (χ3v) is 6.74. The van der Waals surface area contributed by atoms with Gasteiger partial charge in [-0.05, 0) is 56.2 Å². The van der Waals surface area contributed by atoms with Crippen molar-refractivity contribution in [3.63, 3.8) is 0 Å². The van der Waals surface area contributed by atoms with Crippen LogP contribution in [0.3, 0.4) is 0 Å². The highest BCUT2D eigenvalue weighted by Crippen LogP contribution is 2.09. The van der Waals surface area contributed by atoms with Crippen LogP contribution >= 0.6 is 0 Å². The molecule has 0 aliphatic heterocycles. The molecule has 2 aromatic carbocycles. The second-order valence-electron chi connectivity index (χ2n) is 10.3. The maximum Gasteiger partial charge on any atom is 0.243 e. The standard InChI is InChI=1S/C30H45N9O4/c31-16-8-7-14-24(28(42)37-23(26(33)40)15-9-17-36-30(34)35)38-29(43)25(19-21-12-5-2-6-13-21)39-27(41)22(32)18-20-10-3-1-4-11-20/h1-6,10-13,22-25H,7-9,14-19,31-32H2,(H2,33,40)(H,37,42)(H,38,43)(H,39,41)(H4,34,35,36)/t22-,23-,24-,25-/m0/s1. The molecular weight excluding hydrogens is 550 g/mol. The lowest BCUT2D eigenvalue weighted by Crippen LogP contribution is -2.58. The van der Waals surface area contributed by atoms with E-state index in [1.165, 1.54) is 0 Å². The fourth-order valence-corrected chi connectivity index (χ4v) is 4.39. The lowest BCUT2D eigenvalue weighted by Gasteiger charge is -2.25. The summed E-state index contributed by atoms with van der Waals surface area (Å²) in [6, 6.07) is 14.6. The van der Waals surface area contributed by atoms with Crippen LogP contribution in [-0.2, 0) is 32.0 Å². The molecule has 0 saturated heterocycles. The first-order chi connectivity index (χ1) is 20.6. The number of aliphatic imine (C=N–C) groups is 1. The first-order valence-corrected chi connectivity index (χ1v) is 14.4. The van der Waals surface area contributed by atoms with E-state index >= 15 is 0 Å². The van der Waals surface area contributed by atoms with Gasteiger partial charge in [-0.3, -0.25) is 24.2 Å². The summed E-state index contributed by atoms with van der Waals surface area (Å²) in [4.78, 5) is 55.9. The third kappa shape index (κ3) is 13.4. The SMILES string of the molecule is NCCCC[C@H](NC(=O)[C@H](Cc1ccccc1)NC(=O)[C@@H](N)Cc1ccccc1)C(=O)N[C@@H](CCCN=C(N)N)C(N)=O. The minimum absolute atomic E-state index is 0.0829. The molecule has 0 radical (unpaired) electrons. The zero-order valence-corrected chi connectivity index (χ0v) is 24.4. The van der Waals surface area contributed by atoms with Crippen LogP contribution in [0, 0.1) is 0 Å². The number of primary amides is 1. The number of guanidine groups is 1. The molecule has 13 N–H and O–H groups in total. The second kappa shape index (κ2) is 18.8. The van der Waals surface area contributed by atoms with Gasteiger partial charge in [0.05, 0.1) is 6.04 Å². The number of amides is 4. The van der Waals surface area contributed by atoms with E-state index in [1.54, 1.807) is 0 Å². The van der Waals surface area contributed by atoms with Gasteiger partial charge in [0.1, 0.15) is 18.1 Å². The number of hydrogen-bond donors (Lipinski definition) is 8. The maximum absolute atomic E-state index is 13.6. The number of rotatable bonds is 19. The third-order valence-electron chi connectivity index (χ3n) is 6.74. The van der Waals surface area contributed by atoms with Crippen LogP contribution in [0.4, 0.5) is 0 Å². The molecule has 0 fully saturated rings. The van der Waals surface area contributed by atoms with Gasteiger partial charge in [0.2, 0.25) is 23.6 Å². The van der Waals surface area contributed by atoms with Crippen molar-refractivity contribution < 1.29 is 19.2 Å². The molecule has 0 aliphatic carbocycles. The smallest absolute Gasteiger partial charge is 0.243 e. The molecule has 13 heteroatoms. The predicted molar refractivity (Wildman–Crippen MR) is 166 cm³/mol. The lowest BCUT2D eigenvalue weighted by atomic mass is 10.0. The zero-order chi connectivity index (χ0) is 31.6. The summed E-state index contributed by atoms with van der Waals surface area (Å²) < 4.78 is 0. The van der Waals surface area contributed by atoms with Crippen LogP contribution < -0.4 is 44.6 Å². The van der Waals surface area contributed by atoms with Crippen molar-refractivity contribution in [3.05, 3.63) is 71.8 Å². The van der Waals surface area contributed by atoms with E-state index in [9.17, 15) is 19.2 Å². The lowest BCUT2D eigenvalue weighted by molar-refractivity contribution is -0.133. The van der Waals surface area contributed by atoms with E-state index in [0.29, 0.717) is 25.8 Å². The van der Waals surface area contributed by atoms with E-state index < -0.39 is 47.8 Å². The Morgan fingerprint density at radius 2 is 1.16 bits per heavy atom. The molecule has 0 saturated carbocycles. The molecule has 0 heterocycles. The summed E-state index contributed by atoms with van der Waals surface area (Å²) in [5, 5.41) is 8.16. The first kappa shape index (κ1) is 34.7. The highest BCUT2D eigenvalue weighted by molar-refractivity contribution is 5.94. The molecule has 234 valence electrons. The normalized spacial score (nSPS) is 13.5. The van der Waals surface area contributed by atoms with Crippen molar-refractivity contribution >= 4 is 29.6 Å². The Morgan fingerprint density at radius 1 is 0.651 bits per heavy atom. The van der Waals surface area contributed by atoms with Crippen LogP contribution in [0.15, 0.2) is 65.7 Å². The van der Waals surface area contributed by atoms with Gasteiger partial charge in [-0.1, -0.05) is 60.7 Å². The van der Waals surface area contributed by atoms with Gasteiger partial charge >= 0.3 is 0 Å². The zero-order valence-electron chi connectivity index (χ0n) is 24.4. The molecule has 0 aromatic heterocycles.